The van der Waals surface area contributed by atoms with Crippen molar-refractivity contribution in [2.75, 3.05) is 27.4 Å². The molecule has 0 saturated carbocycles. The first-order chi connectivity index (χ1) is 20.3. The van der Waals surface area contributed by atoms with Gasteiger partial charge >= 0.3 is 21.4 Å². The van der Waals surface area contributed by atoms with Crippen LogP contribution in [0.25, 0.3) is 0 Å². The molecule has 0 aliphatic heterocycles. The molecule has 0 spiro atoms. The SMILES string of the molecule is CO[Si](OC)(OCCCCC(F)(F)CC(F)(F)CC(F)(F)CC(F)(F)F)OCCCC(F)(F)CC(F)(F)CC(F)(F)CC(F)(F)F. The zero-order valence-electron chi connectivity index (χ0n) is 24.1. The van der Waals surface area contributed by atoms with Crippen LogP contribution in [0.2, 0.25) is 0 Å². The largest absolute Gasteiger partial charge is 0.679 e. The normalized spacial score (nSPS) is 15.1. The van der Waals surface area contributed by atoms with E-state index in [1.807, 2.05) is 0 Å². The van der Waals surface area contributed by atoms with Crippen LogP contribution in [0, 0.1) is 0 Å². The van der Waals surface area contributed by atoms with Gasteiger partial charge in [-0.3, -0.25) is 0 Å². The summed E-state index contributed by atoms with van der Waals surface area (Å²) < 4.78 is 256. The summed E-state index contributed by atoms with van der Waals surface area (Å²) in [5.41, 5.74) is 0. The average Bonchev–Trinajstić information content (AvgIpc) is 2.73. The van der Waals surface area contributed by atoms with Crippen molar-refractivity contribution in [1.82, 2.24) is 0 Å². The highest BCUT2D eigenvalue weighted by molar-refractivity contribution is 6.53. The third kappa shape index (κ3) is 20.9. The number of alkyl halides is 18. The van der Waals surface area contributed by atoms with Gasteiger partial charge in [0.1, 0.15) is 12.8 Å². The second kappa shape index (κ2) is 16.5. The third-order valence-corrected chi connectivity index (χ3v) is 7.78. The van der Waals surface area contributed by atoms with Crippen molar-refractivity contribution in [3.63, 3.8) is 0 Å². The molecule has 0 atom stereocenters. The Bertz CT molecular complexity index is 891. The predicted octanol–water partition coefficient (Wildman–Crippen LogP) is 9.98. The molecular weight excluding hydrogens is 710 g/mol. The first-order valence-corrected chi connectivity index (χ1v) is 14.7. The Kier molecular flexibility index (Phi) is 16.0. The minimum atomic E-state index is -5.53. The van der Waals surface area contributed by atoms with Crippen molar-refractivity contribution in [3.05, 3.63) is 0 Å². The molecule has 0 aromatic heterocycles. The number of hydrogen-bond donors (Lipinski definition) is 0. The summed E-state index contributed by atoms with van der Waals surface area (Å²) in [4.78, 5) is 0. The van der Waals surface area contributed by atoms with Crippen molar-refractivity contribution < 1.29 is 96.7 Å². The average molecular weight is 743 g/mol. The van der Waals surface area contributed by atoms with Crippen LogP contribution in [0.5, 0.6) is 0 Å². The smallest absolute Gasteiger partial charge is 0.355 e. The summed E-state index contributed by atoms with van der Waals surface area (Å²) in [5.74, 6) is -28.4. The van der Waals surface area contributed by atoms with Crippen molar-refractivity contribution in [3.8, 4) is 0 Å². The molecule has 0 aromatic rings. The molecule has 0 unspecified atom stereocenters. The Morgan fingerprint density at radius 3 is 0.978 bits per heavy atom. The first-order valence-electron chi connectivity index (χ1n) is 13.1. The Hall–Kier alpha value is -1.20. The maximum atomic E-state index is 14.0. The molecule has 0 aliphatic carbocycles. The summed E-state index contributed by atoms with van der Waals surface area (Å²) in [5, 5.41) is 0. The van der Waals surface area contributed by atoms with Gasteiger partial charge in [0.2, 0.25) is 0 Å². The van der Waals surface area contributed by atoms with Gasteiger partial charge in [0.15, 0.2) is 0 Å². The molecule has 4 nitrogen and oxygen atoms in total. The Morgan fingerprint density at radius 2 is 0.652 bits per heavy atom. The van der Waals surface area contributed by atoms with Crippen molar-refractivity contribution in [1.29, 1.82) is 0 Å². The van der Waals surface area contributed by atoms with Gasteiger partial charge in [-0.05, 0) is 19.3 Å². The van der Waals surface area contributed by atoms with Crippen LogP contribution >= 0.6 is 0 Å². The van der Waals surface area contributed by atoms with E-state index in [0.717, 1.165) is 14.2 Å². The van der Waals surface area contributed by atoms with E-state index in [2.05, 4.69) is 0 Å². The molecule has 0 radical (unpaired) electrons. The van der Waals surface area contributed by atoms with Crippen LogP contribution in [0.3, 0.4) is 0 Å². The maximum absolute atomic E-state index is 14.0. The monoisotopic (exact) mass is 742 g/mol. The van der Waals surface area contributed by atoms with E-state index in [1.165, 1.54) is 0 Å². The number of unbranched alkanes of at least 4 members (excludes halogenated alkanes) is 1. The lowest BCUT2D eigenvalue weighted by Gasteiger charge is -2.28. The molecule has 23 heteroatoms. The van der Waals surface area contributed by atoms with E-state index >= 15 is 0 Å². The van der Waals surface area contributed by atoms with Crippen molar-refractivity contribution >= 4 is 9.05 Å². The molecule has 0 rings (SSSR count). The lowest BCUT2D eigenvalue weighted by Crippen LogP contribution is -2.48. The highest BCUT2D eigenvalue weighted by atomic mass is 28.4. The quantitative estimate of drug-likeness (QED) is 0.0594. The molecule has 0 aliphatic rings. The second-order valence-corrected chi connectivity index (χ2v) is 13.0. The van der Waals surface area contributed by atoms with Crippen LogP contribution < -0.4 is 0 Å². The van der Waals surface area contributed by atoms with Gasteiger partial charge in [0.25, 0.3) is 35.5 Å². The Labute approximate surface area is 252 Å². The minimum absolute atomic E-state index is 0.373. The summed E-state index contributed by atoms with van der Waals surface area (Å²) in [6.45, 7) is -1.32. The van der Waals surface area contributed by atoms with Crippen molar-refractivity contribution in [2.45, 2.75) is 119 Å². The van der Waals surface area contributed by atoms with Gasteiger partial charge in [-0.15, -0.1) is 0 Å². The molecular formula is C23H32F18O4Si. The van der Waals surface area contributed by atoms with Crippen LogP contribution in [-0.4, -0.2) is 84.4 Å². The molecule has 0 saturated heterocycles. The number of rotatable bonds is 23. The Balaban J connectivity index is 4.80. The van der Waals surface area contributed by atoms with Gasteiger partial charge < -0.3 is 17.7 Å². The van der Waals surface area contributed by atoms with E-state index in [4.69, 9.17) is 17.7 Å². The maximum Gasteiger partial charge on any atom is 0.679 e. The second-order valence-electron chi connectivity index (χ2n) is 10.6. The number of halogens is 18. The van der Waals surface area contributed by atoms with Gasteiger partial charge in [-0.1, -0.05) is 0 Å². The lowest BCUT2D eigenvalue weighted by atomic mass is 9.98. The van der Waals surface area contributed by atoms with Crippen molar-refractivity contribution in [2.24, 2.45) is 0 Å². The van der Waals surface area contributed by atoms with Crippen LogP contribution in [0.1, 0.15) is 70.6 Å². The Morgan fingerprint density at radius 1 is 0.370 bits per heavy atom. The number of hydrogen-bond acceptors (Lipinski definition) is 4. The highest BCUT2D eigenvalue weighted by Gasteiger charge is 2.54. The predicted molar refractivity (Wildman–Crippen MR) is 124 cm³/mol. The van der Waals surface area contributed by atoms with Gasteiger partial charge in [-0.25, -0.2) is 52.7 Å². The first kappa shape index (κ1) is 44.8. The summed E-state index contributed by atoms with van der Waals surface area (Å²) in [6, 6.07) is 0. The van der Waals surface area contributed by atoms with E-state index in [9.17, 15) is 79.0 Å². The van der Waals surface area contributed by atoms with Gasteiger partial charge in [-0.2, -0.15) is 26.3 Å². The van der Waals surface area contributed by atoms with E-state index < -0.39 is 134 Å². The van der Waals surface area contributed by atoms with E-state index in [1.54, 1.807) is 0 Å². The molecule has 0 fully saturated rings. The summed E-state index contributed by atoms with van der Waals surface area (Å²) in [6.07, 6.45) is -32.0. The standard InChI is InChI=1S/C23H32F18O4Si/c1-42-46(43-2,45-9-5-7-17(26,27)11-19(30,31)13-21(34,35)15-23(39,40)41)44-8-4-3-6-16(24,25)10-18(28,29)12-20(32,33)14-22(36,37)38/h3-15H2,1-2H3. The molecule has 46 heavy (non-hydrogen) atoms. The minimum Gasteiger partial charge on any atom is -0.355 e. The van der Waals surface area contributed by atoms with Gasteiger partial charge in [0.05, 0.1) is 25.7 Å². The van der Waals surface area contributed by atoms with Crippen LogP contribution in [-0.2, 0) is 17.7 Å². The fraction of sp³-hybridized carbons (Fsp3) is 1.00. The lowest BCUT2D eigenvalue weighted by molar-refractivity contribution is -0.216. The molecule has 0 aromatic carbocycles. The third-order valence-electron chi connectivity index (χ3n) is 5.67. The molecule has 278 valence electrons. The zero-order chi connectivity index (χ0) is 36.5. The van der Waals surface area contributed by atoms with Crippen LogP contribution in [0.4, 0.5) is 79.0 Å². The van der Waals surface area contributed by atoms with Gasteiger partial charge in [0, 0.05) is 40.3 Å². The highest BCUT2D eigenvalue weighted by Crippen LogP contribution is 2.45. The summed E-state index contributed by atoms with van der Waals surface area (Å²) in [7, 11) is -2.35. The fourth-order valence-electron chi connectivity index (χ4n) is 4.10. The molecule has 0 heterocycles. The van der Waals surface area contributed by atoms with E-state index in [-0.39, 0.29) is 6.42 Å². The van der Waals surface area contributed by atoms with Crippen LogP contribution in [0.15, 0.2) is 0 Å². The van der Waals surface area contributed by atoms with E-state index in [0.29, 0.717) is 0 Å². The zero-order valence-corrected chi connectivity index (χ0v) is 25.1. The fourth-order valence-corrected chi connectivity index (χ4v) is 5.61. The molecule has 0 amide bonds. The topological polar surface area (TPSA) is 36.9 Å². The summed E-state index contributed by atoms with van der Waals surface area (Å²) >= 11 is 0. The molecule has 0 bridgehead atoms. The molecule has 0 N–H and O–H groups in total.